The predicted molar refractivity (Wildman–Crippen MR) is 98.0 cm³/mol. The fourth-order valence-corrected chi connectivity index (χ4v) is 4.02. The van der Waals surface area contributed by atoms with Crippen LogP contribution in [0.1, 0.15) is 13.8 Å². The van der Waals surface area contributed by atoms with Gasteiger partial charge in [-0.25, -0.2) is 4.57 Å². The number of phosphoric ester groups is 1. The van der Waals surface area contributed by atoms with E-state index in [9.17, 15) is 4.57 Å². The van der Waals surface area contributed by atoms with Crippen molar-refractivity contribution in [3.63, 3.8) is 0 Å². The second kappa shape index (κ2) is 7.12. The van der Waals surface area contributed by atoms with Gasteiger partial charge >= 0.3 is 7.82 Å². The zero-order valence-corrected chi connectivity index (χ0v) is 15.1. The Labute approximate surface area is 145 Å². The molecule has 0 fully saturated rings. The van der Waals surface area contributed by atoms with Gasteiger partial charge in [0.05, 0.1) is 13.2 Å². The van der Waals surface area contributed by atoms with Crippen molar-refractivity contribution in [2.24, 2.45) is 0 Å². The van der Waals surface area contributed by atoms with Gasteiger partial charge in [0.1, 0.15) is 5.75 Å². The summed E-state index contributed by atoms with van der Waals surface area (Å²) in [5.74, 6) is 0.450. The largest absolute Gasteiger partial charge is 0.530 e. The van der Waals surface area contributed by atoms with Crippen molar-refractivity contribution in [1.82, 2.24) is 0 Å². The fraction of sp³-hybridized carbons (Fsp3) is 0.222. The molecule has 126 valence electrons. The zero-order chi connectivity index (χ0) is 17.2. The molecule has 0 radical (unpaired) electrons. The highest BCUT2D eigenvalue weighted by molar-refractivity contribution is 7.48. The van der Waals surface area contributed by atoms with E-state index in [-0.39, 0.29) is 13.2 Å². The van der Waals surface area contributed by atoms with E-state index in [1.165, 1.54) is 0 Å². The molecule has 0 heterocycles. The third kappa shape index (κ3) is 3.42. The summed E-state index contributed by atoms with van der Waals surface area (Å²) in [6, 6.07) is 15.2. The van der Waals surface area contributed by atoms with Crippen molar-refractivity contribution in [3.05, 3.63) is 53.6 Å². The second-order valence-corrected chi connectivity index (χ2v) is 7.19. The summed E-state index contributed by atoms with van der Waals surface area (Å²) >= 11 is 6.16. The number of phosphoric acid groups is 1. The average Bonchev–Trinajstić information content (AvgIpc) is 2.55. The molecule has 0 spiro atoms. The Hall–Kier alpha value is -1.58. The quantitative estimate of drug-likeness (QED) is 0.385. The first-order valence-corrected chi connectivity index (χ1v) is 9.60. The van der Waals surface area contributed by atoms with Gasteiger partial charge in [0.25, 0.3) is 0 Å². The lowest BCUT2D eigenvalue weighted by Gasteiger charge is -2.19. The van der Waals surface area contributed by atoms with Gasteiger partial charge in [0, 0.05) is 10.4 Å². The molecule has 24 heavy (non-hydrogen) atoms. The summed E-state index contributed by atoms with van der Waals surface area (Å²) in [5, 5.41) is 4.36. The molecule has 0 saturated heterocycles. The normalized spacial score (nSPS) is 12.0. The van der Waals surface area contributed by atoms with E-state index in [1.54, 1.807) is 19.9 Å². The van der Waals surface area contributed by atoms with Crippen molar-refractivity contribution >= 4 is 41.0 Å². The number of hydrogen-bond donors (Lipinski definition) is 0. The predicted octanol–water partition coefficient (Wildman–Crippen LogP) is 6.21. The first-order chi connectivity index (χ1) is 11.6. The SMILES string of the molecule is CCOP(=O)(OCC)Oc1cc2ccccc2c2cc(Cl)ccc12. The van der Waals surface area contributed by atoms with E-state index in [0.717, 1.165) is 21.5 Å². The standard InChI is InChI=1S/C18H18ClO4P/c1-3-21-24(20,22-4-2)23-18-11-13-7-5-6-8-15(13)17-12-14(19)9-10-16(17)18/h5-12H,3-4H2,1-2H3. The van der Waals surface area contributed by atoms with Crippen LogP contribution in [0.15, 0.2) is 48.5 Å². The molecular weight excluding hydrogens is 347 g/mol. The summed E-state index contributed by atoms with van der Waals surface area (Å²) in [6.07, 6.45) is 0. The molecule has 3 aromatic carbocycles. The third-order valence-electron chi connectivity index (χ3n) is 3.57. The van der Waals surface area contributed by atoms with Crippen LogP contribution >= 0.6 is 19.4 Å². The highest BCUT2D eigenvalue weighted by Gasteiger charge is 2.28. The average molecular weight is 365 g/mol. The van der Waals surface area contributed by atoms with Crippen LogP contribution in [-0.4, -0.2) is 13.2 Å². The number of halogens is 1. The van der Waals surface area contributed by atoms with Crippen molar-refractivity contribution in [1.29, 1.82) is 0 Å². The van der Waals surface area contributed by atoms with Crippen molar-refractivity contribution in [2.75, 3.05) is 13.2 Å². The molecule has 0 atom stereocenters. The van der Waals surface area contributed by atoms with Gasteiger partial charge in [-0.1, -0.05) is 35.9 Å². The molecule has 0 aromatic heterocycles. The number of rotatable bonds is 6. The minimum Gasteiger partial charge on any atom is -0.403 e. The van der Waals surface area contributed by atoms with Gasteiger partial charge < -0.3 is 4.52 Å². The Morgan fingerprint density at radius 2 is 1.62 bits per heavy atom. The number of hydrogen-bond acceptors (Lipinski definition) is 4. The van der Waals surface area contributed by atoms with Crippen LogP contribution in [0.5, 0.6) is 5.75 Å². The van der Waals surface area contributed by atoms with E-state index in [2.05, 4.69) is 0 Å². The highest BCUT2D eigenvalue weighted by Crippen LogP contribution is 2.51. The van der Waals surface area contributed by atoms with Crippen LogP contribution in [0.3, 0.4) is 0 Å². The summed E-state index contributed by atoms with van der Waals surface area (Å²) < 4.78 is 28.9. The molecule has 4 nitrogen and oxygen atoms in total. The van der Waals surface area contributed by atoms with Crippen LogP contribution < -0.4 is 4.52 Å². The van der Waals surface area contributed by atoms with Crippen LogP contribution in [0.25, 0.3) is 21.5 Å². The molecule has 0 saturated carbocycles. The Balaban J connectivity index is 2.21. The molecule has 0 unspecified atom stereocenters. The van der Waals surface area contributed by atoms with Crippen LogP contribution in [0.2, 0.25) is 5.02 Å². The van der Waals surface area contributed by atoms with Gasteiger partial charge in [-0.2, -0.15) is 0 Å². The molecule has 6 heteroatoms. The van der Waals surface area contributed by atoms with Crippen molar-refractivity contribution < 1.29 is 18.1 Å². The second-order valence-electron chi connectivity index (χ2n) is 5.16. The maximum atomic E-state index is 12.7. The van der Waals surface area contributed by atoms with Gasteiger partial charge in [-0.3, -0.25) is 9.05 Å². The van der Waals surface area contributed by atoms with Crippen LogP contribution in [-0.2, 0) is 13.6 Å². The monoisotopic (exact) mass is 364 g/mol. The molecule has 0 bridgehead atoms. The van der Waals surface area contributed by atoms with Gasteiger partial charge in [0.15, 0.2) is 0 Å². The number of benzene rings is 3. The van der Waals surface area contributed by atoms with E-state index in [1.807, 2.05) is 42.5 Å². The lowest BCUT2D eigenvalue weighted by molar-refractivity contribution is 0.168. The molecule has 0 N–H and O–H groups in total. The van der Waals surface area contributed by atoms with Crippen LogP contribution in [0, 0.1) is 0 Å². The van der Waals surface area contributed by atoms with Crippen LogP contribution in [0.4, 0.5) is 0 Å². The maximum Gasteiger partial charge on any atom is 0.530 e. The molecule has 0 aliphatic rings. The van der Waals surface area contributed by atoms with E-state index in [4.69, 9.17) is 25.2 Å². The summed E-state index contributed by atoms with van der Waals surface area (Å²) in [7, 11) is -3.67. The number of fused-ring (bicyclic) bond motifs is 3. The first-order valence-electron chi connectivity index (χ1n) is 7.76. The van der Waals surface area contributed by atoms with Gasteiger partial charge in [0.2, 0.25) is 0 Å². The molecule has 3 rings (SSSR count). The van der Waals surface area contributed by atoms with E-state index in [0.29, 0.717) is 10.8 Å². The van der Waals surface area contributed by atoms with E-state index >= 15 is 0 Å². The molecule has 0 aliphatic carbocycles. The third-order valence-corrected chi connectivity index (χ3v) is 5.37. The zero-order valence-electron chi connectivity index (χ0n) is 13.5. The minimum absolute atomic E-state index is 0.231. The van der Waals surface area contributed by atoms with Crippen molar-refractivity contribution in [2.45, 2.75) is 13.8 Å². The summed E-state index contributed by atoms with van der Waals surface area (Å²) in [5.41, 5.74) is 0. The van der Waals surface area contributed by atoms with Gasteiger partial charge in [-0.05, 0) is 54.3 Å². The molecule has 0 amide bonds. The highest BCUT2D eigenvalue weighted by atomic mass is 35.5. The smallest absolute Gasteiger partial charge is 0.403 e. The Bertz CT molecular complexity index is 915. The Kier molecular flexibility index (Phi) is 5.12. The summed E-state index contributed by atoms with van der Waals surface area (Å²) in [4.78, 5) is 0. The Morgan fingerprint density at radius 3 is 2.33 bits per heavy atom. The maximum absolute atomic E-state index is 12.7. The van der Waals surface area contributed by atoms with Gasteiger partial charge in [-0.15, -0.1) is 0 Å². The molecular formula is C18H18ClO4P. The van der Waals surface area contributed by atoms with E-state index < -0.39 is 7.82 Å². The topological polar surface area (TPSA) is 44.8 Å². The first kappa shape index (κ1) is 17.2. The fourth-order valence-electron chi connectivity index (χ4n) is 2.64. The molecule has 0 aliphatic heterocycles. The Morgan fingerprint density at radius 1 is 0.917 bits per heavy atom. The lowest BCUT2D eigenvalue weighted by atomic mass is 10.0. The summed E-state index contributed by atoms with van der Waals surface area (Å²) in [6.45, 7) is 3.95. The van der Waals surface area contributed by atoms with Crippen molar-refractivity contribution in [3.8, 4) is 5.75 Å². The minimum atomic E-state index is -3.67. The lowest BCUT2D eigenvalue weighted by Crippen LogP contribution is -2.02. The molecule has 3 aromatic rings.